The first-order valence-electron chi connectivity index (χ1n) is 5.75. The first kappa shape index (κ1) is 19.2. The van der Waals surface area contributed by atoms with Gasteiger partial charge in [-0.2, -0.15) is 0 Å². The molecule has 0 atom stereocenters. The second kappa shape index (κ2) is 12.3. The molecule has 0 amide bonds. The van der Waals surface area contributed by atoms with Crippen LogP contribution in [0.5, 0.6) is 0 Å². The molecule has 0 aliphatic rings. The van der Waals surface area contributed by atoms with E-state index < -0.39 is 5.97 Å². The van der Waals surface area contributed by atoms with Crippen LogP contribution in [0.4, 0.5) is 0 Å². The molecule has 0 bridgehead atoms. The van der Waals surface area contributed by atoms with Gasteiger partial charge in [-0.05, 0) is 13.8 Å². The molecule has 0 spiro atoms. The van der Waals surface area contributed by atoms with E-state index in [1.807, 2.05) is 36.4 Å². The maximum absolute atomic E-state index is 9.00. The lowest BCUT2D eigenvalue weighted by atomic mass is 10.2. The summed E-state index contributed by atoms with van der Waals surface area (Å²) in [6.45, 7) is 5.25. The van der Waals surface area contributed by atoms with Crippen LogP contribution in [0.15, 0.2) is 60.7 Å². The summed E-state index contributed by atoms with van der Waals surface area (Å²) in [7, 11) is 0. The van der Waals surface area contributed by atoms with Crippen molar-refractivity contribution >= 4 is 5.97 Å². The minimum absolute atomic E-state index is 0. The van der Waals surface area contributed by atoms with Crippen molar-refractivity contribution in [2.45, 2.75) is 20.8 Å². The average molecular weight is 262 g/mol. The highest BCUT2D eigenvalue weighted by molar-refractivity contribution is 5.62. The zero-order chi connectivity index (χ0) is 13.8. The minimum Gasteiger partial charge on any atom is -0.481 e. The van der Waals surface area contributed by atoms with Gasteiger partial charge in [-0.15, -0.1) is 0 Å². The topological polar surface area (TPSA) is 68.8 Å². The molecular formula is C16H22O3. The molecule has 0 fully saturated rings. The molecule has 0 saturated carbocycles. The van der Waals surface area contributed by atoms with E-state index in [1.165, 1.54) is 11.1 Å². The summed E-state index contributed by atoms with van der Waals surface area (Å²) in [5.41, 5.74) is 2.64. The summed E-state index contributed by atoms with van der Waals surface area (Å²) >= 11 is 0. The molecule has 3 heteroatoms. The van der Waals surface area contributed by atoms with E-state index in [9.17, 15) is 0 Å². The maximum Gasteiger partial charge on any atom is 0.300 e. The third-order valence-electron chi connectivity index (χ3n) is 1.88. The van der Waals surface area contributed by atoms with Gasteiger partial charge < -0.3 is 10.6 Å². The SMILES string of the molecule is CC(=O)O.Cc1ccccc1.Cc1ccccc1.O. The summed E-state index contributed by atoms with van der Waals surface area (Å²) in [5, 5.41) is 7.42. The van der Waals surface area contributed by atoms with E-state index in [0.717, 1.165) is 6.92 Å². The zero-order valence-electron chi connectivity index (χ0n) is 11.6. The Morgan fingerprint density at radius 3 is 1.11 bits per heavy atom. The highest BCUT2D eigenvalue weighted by atomic mass is 16.4. The Balaban J connectivity index is 0. The predicted molar refractivity (Wildman–Crippen MR) is 79.3 cm³/mol. The van der Waals surface area contributed by atoms with Crippen molar-refractivity contribution in [3.05, 3.63) is 71.8 Å². The van der Waals surface area contributed by atoms with Crippen LogP contribution in [-0.4, -0.2) is 16.6 Å². The van der Waals surface area contributed by atoms with Gasteiger partial charge in [0, 0.05) is 6.92 Å². The van der Waals surface area contributed by atoms with Gasteiger partial charge >= 0.3 is 0 Å². The number of carbonyl (C=O) groups is 1. The molecule has 3 N–H and O–H groups in total. The number of hydrogen-bond acceptors (Lipinski definition) is 1. The molecule has 0 unspecified atom stereocenters. The molecule has 2 rings (SSSR count). The summed E-state index contributed by atoms with van der Waals surface area (Å²) in [5.74, 6) is -0.833. The number of hydrogen-bond donors (Lipinski definition) is 1. The van der Waals surface area contributed by atoms with Crippen LogP contribution < -0.4 is 0 Å². The number of carboxylic acid groups (broad SMARTS) is 1. The third kappa shape index (κ3) is 15.9. The molecule has 0 aliphatic carbocycles. The number of aliphatic carboxylic acids is 1. The van der Waals surface area contributed by atoms with E-state index >= 15 is 0 Å². The van der Waals surface area contributed by atoms with Gasteiger partial charge in [-0.3, -0.25) is 4.79 Å². The average Bonchev–Trinajstić information content (AvgIpc) is 2.31. The molecule has 3 nitrogen and oxygen atoms in total. The van der Waals surface area contributed by atoms with Crippen LogP contribution in [0.25, 0.3) is 0 Å². The summed E-state index contributed by atoms with van der Waals surface area (Å²) < 4.78 is 0. The Bertz CT molecular complexity index is 383. The van der Waals surface area contributed by atoms with Crippen molar-refractivity contribution in [1.82, 2.24) is 0 Å². The lowest BCUT2D eigenvalue weighted by Gasteiger charge is -1.82. The van der Waals surface area contributed by atoms with Gasteiger partial charge in [0.2, 0.25) is 0 Å². The largest absolute Gasteiger partial charge is 0.481 e. The van der Waals surface area contributed by atoms with Gasteiger partial charge in [0.1, 0.15) is 0 Å². The molecule has 0 heterocycles. The van der Waals surface area contributed by atoms with Crippen LogP contribution >= 0.6 is 0 Å². The summed E-state index contributed by atoms with van der Waals surface area (Å²) in [6.07, 6.45) is 0. The summed E-state index contributed by atoms with van der Waals surface area (Å²) in [6, 6.07) is 20.5. The second-order valence-electron chi connectivity index (χ2n) is 3.83. The molecule has 0 aromatic heterocycles. The van der Waals surface area contributed by atoms with Crippen LogP contribution in [0, 0.1) is 13.8 Å². The van der Waals surface area contributed by atoms with Crippen molar-refractivity contribution in [1.29, 1.82) is 0 Å². The van der Waals surface area contributed by atoms with E-state index in [-0.39, 0.29) is 5.48 Å². The Morgan fingerprint density at radius 1 is 0.789 bits per heavy atom. The Morgan fingerprint density at radius 2 is 1.00 bits per heavy atom. The van der Waals surface area contributed by atoms with Crippen LogP contribution in [0.1, 0.15) is 18.1 Å². The molecule has 2 aromatic rings. The fraction of sp³-hybridized carbons (Fsp3) is 0.188. The highest BCUT2D eigenvalue weighted by Gasteiger charge is 1.72. The van der Waals surface area contributed by atoms with Gasteiger partial charge in [-0.1, -0.05) is 71.8 Å². The normalized spacial score (nSPS) is 7.74. The van der Waals surface area contributed by atoms with Gasteiger partial charge in [-0.25, -0.2) is 0 Å². The molecule has 19 heavy (non-hydrogen) atoms. The molecule has 0 aliphatic heterocycles. The zero-order valence-corrected chi connectivity index (χ0v) is 11.6. The minimum atomic E-state index is -0.833. The number of carboxylic acids is 1. The fourth-order valence-electron chi connectivity index (χ4n) is 1.07. The monoisotopic (exact) mass is 262 g/mol. The van der Waals surface area contributed by atoms with Gasteiger partial charge in [0.05, 0.1) is 0 Å². The van der Waals surface area contributed by atoms with Crippen LogP contribution in [0.3, 0.4) is 0 Å². The predicted octanol–water partition coefficient (Wildman–Crippen LogP) is 3.26. The lowest BCUT2D eigenvalue weighted by molar-refractivity contribution is -0.134. The molecule has 0 radical (unpaired) electrons. The van der Waals surface area contributed by atoms with Gasteiger partial charge in [0.15, 0.2) is 0 Å². The first-order valence-corrected chi connectivity index (χ1v) is 5.75. The Kier molecular flexibility index (Phi) is 12.5. The van der Waals surface area contributed by atoms with Crippen molar-refractivity contribution in [3.8, 4) is 0 Å². The van der Waals surface area contributed by atoms with E-state index in [0.29, 0.717) is 0 Å². The Labute approximate surface area is 114 Å². The molecule has 104 valence electrons. The molecule has 2 aromatic carbocycles. The van der Waals surface area contributed by atoms with Crippen molar-refractivity contribution in [3.63, 3.8) is 0 Å². The second-order valence-corrected chi connectivity index (χ2v) is 3.83. The van der Waals surface area contributed by atoms with Gasteiger partial charge in [0.25, 0.3) is 5.97 Å². The fourth-order valence-corrected chi connectivity index (χ4v) is 1.07. The van der Waals surface area contributed by atoms with Crippen LogP contribution in [-0.2, 0) is 4.79 Å². The Hall–Kier alpha value is -2.13. The highest BCUT2D eigenvalue weighted by Crippen LogP contribution is 1.92. The number of benzene rings is 2. The smallest absolute Gasteiger partial charge is 0.300 e. The quantitative estimate of drug-likeness (QED) is 0.791. The van der Waals surface area contributed by atoms with Crippen molar-refractivity contribution in [2.75, 3.05) is 0 Å². The third-order valence-corrected chi connectivity index (χ3v) is 1.88. The first-order chi connectivity index (χ1) is 8.52. The van der Waals surface area contributed by atoms with E-state index in [1.54, 1.807) is 0 Å². The molecule has 0 saturated heterocycles. The number of rotatable bonds is 0. The van der Waals surface area contributed by atoms with Crippen molar-refractivity contribution < 1.29 is 15.4 Å². The van der Waals surface area contributed by atoms with Crippen LogP contribution in [0.2, 0.25) is 0 Å². The lowest BCUT2D eigenvalue weighted by Crippen LogP contribution is -1.78. The molecular weight excluding hydrogens is 240 g/mol. The standard InChI is InChI=1S/2C7H8.C2H4O2.H2O/c2*1-7-5-3-2-4-6-7;1-2(3)4;/h2*2-6H,1H3;1H3,(H,3,4);1H2. The van der Waals surface area contributed by atoms with E-state index in [4.69, 9.17) is 9.90 Å². The maximum atomic E-state index is 9.00. The summed E-state index contributed by atoms with van der Waals surface area (Å²) in [4.78, 5) is 9.00. The van der Waals surface area contributed by atoms with Crippen molar-refractivity contribution in [2.24, 2.45) is 0 Å². The van der Waals surface area contributed by atoms with E-state index in [2.05, 4.69) is 38.1 Å². The number of aryl methyl sites for hydroxylation is 2.